The van der Waals surface area contributed by atoms with Gasteiger partial charge in [0.25, 0.3) is 5.91 Å². The number of aromatic nitrogens is 1. The van der Waals surface area contributed by atoms with Gasteiger partial charge < -0.3 is 10.6 Å². The molecule has 1 fully saturated rings. The van der Waals surface area contributed by atoms with Crippen molar-refractivity contribution in [1.29, 1.82) is 0 Å². The number of nitrogens with zero attached hydrogens (tertiary/aromatic N) is 1. The third-order valence-electron chi connectivity index (χ3n) is 4.34. The van der Waals surface area contributed by atoms with E-state index in [-0.39, 0.29) is 11.4 Å². The molecule has 1 aromatic carbocycles. The van der Waals surface area contributed by atoms with E-state index in [0.29, 0.717) is 5.69 Å². The third kappa shape index (κ3) is 2.71. The molecule has 4 heteroatoms. The second-order valence-electron chi connectivity index (χ2n) is 6.04. The fourth-order valence-electron chi connectivity index (χ4n) is 3.12. The number of para-hydroxylation sites is 1. The van der Waals surface area contributed by atoms with Crippen molar-refractivity contribution in [1.82, 2.24) is 10.3 Å². The summed E-state index contributed by atoms with van der Waals surface area (Å²) in [6.07, 6.45) is 4.46. The molecule has 21 heavy (non-hydrogen) atoms. The minimum absolute atomic E-state index is 0.0792. The van der Waals surface area contributed by atoms with Gasteiger partial charge >= 0.3 is 0 Å². The molecule has 2 aromatic rings. The Balaban J connectivity index is 1.94. The summed E-state index contributed by atoms with van der Waals surface area (Å²) in [5, 5.41) is 7.34. The standard InChI is InChI=1S/C17H21N3O/c1-17(9-5-6-10-17)20-16(21)15-11-14(18-2)12-7-3-4-8-13(12)19-15/h3-4,7-8,11H,5-6,9-10H2,1-2H3,(H,18,19)(H,20,21). The molecule has 110 valence electrons. The van der Waals surface area contributed by atoms with Crippen molar-refractivity contribution in [3.05, 3.63) is 36.0 Å². The molecule has 1 aliphatic rings. The molecule has 4 nitrogen and oxygen atoms in total. The third-order valence-corrected chi connectivity index (χ3v) is 4.34. The second-order valence-corrected chi connectivity index (χ2v) is 6.04. The highest BCUT2D eigenvalue weighted by Gasteiger charge is 2.30. The van der Waals surface area contributed by atoms with Crippen LogP contribution in [0.15, 0.2) is 30.3 Å². The lowest BCUT2D eigenvalue weighted by Crippen LogP contribution is -2.43. The summed E-state index contributed by atoms with van der Waals surface area (Å²) in [5.74, 6) is -0.0818. The topological polar surface area (TPSA) is 54.0 Å². The minimum Gasteiger partial charge on any atom is -0.388 e. The molecule has 2 N–H and O–H groups in total. The van der Waals surface area contributed by atoms with Crippen molar-refractivity contribution in [3.63, 3.8) is 0 Å². The lowest BCUT2D eigenvalue weighted by Gasteiger charge is -2.25. The normalized spacial score (nSPS) is 16.9. The number of anilines is 1. The molecule has 1 aromatic heterocycles. The molecule has 1 saturated carbocycles. The van der Waals surface area contributed by atoms with Gasteiger partial charge in [0.15, 0.2) is 0 Å². The molecule has 0 atom stereocenters. The Morgan fingerprint density at radius 3 is 2.67 bits per heavy atom. The van der Waals surface area contributed by atoms with E-state index in [1.54, 1.807) is 0 Å². The smallest absolute Gasteiger partial charge is 0.270 e. The van der Waals surface area contributed by atoms with E-state index in [4.69, 9.17) is 0 Å². The Labute approximate surface area is 125 Å². The number of hydrogen-bond acceptors (Lipinski definition) is 3. The predicted octanol–water partition coefficient (Wildman–Crippen LogP) is 3.34. The molecular weight excluding hydrogens is 262 g/mol. The van der Waals surface area contributed by atoms with Gasteiger partial charge in [-0.15, -0.1) is 0 Å². The average Bonchev–Trinajstić information content (AvgIpc) is 2.92. The maximum absolute atomic E-state index is 12.5. The van der Waals surface area contributed by atoms with E-state index in [9.17, 15) is 4.79 Å². The zero-order valence-electron chi connectivity index (χ0n) is 12.6. The first-order valence-electron chi connectivity index (χ1n) is 7.51. The van der Waals surface area contributed by atoms with E-state index in [1.807, 2.05) is 37.4 Å². The van der Waals surface area contributed by atoms with Crippen LogP contribution in [0.5, 0.6) is 0 Å². The molecular formula is C17H21N3O. The molecule has 0 bridgehead atoms. The maximum Gasteiger partial charge on any atom is 0.270 e. The Kier molecular flexibility index (Phi) is 3.53. The van der Waals surface area contributed by atoms with Crippen LogP contribution in [-0.2, 0) is 0 Å². The quantitative estimate of drug-likeness (QED) is 0.908. The molecule has 0 aliphatic heterocycles. The Morgan fingerprint density at radius 1 is 1.24 bits per heavy atom. The van der Waals surface area contributed by atoms with Gasteiger partial charge in [0.2, 0.25) is 0 Å². The van der Waals surface area contributed by atoms with Crippen molar-refractivity contribution in [3.8, 4) is 0 Å². The predicted molar refractivity (Wildman–Crippen MR) is 85.6 cm³/mol. The molecule has 1 aliphatic carbocycles. The minimum atomic E-state index is -0.0818. The highest BCUT2D eigenvalue weighted by atomic mass is 16.2. The summed E-state index contributed by atoms with van der Waals surface area (Å²) in [6, 6.07) is 9.69. The van der Waals surface area contributed by atoms with Gasteiger partial charge in [-0.3, -0.25) is 4.79 Å². The van der Waals surface area contributed by atoms with E-state index in [1.165, 1.54) is 12.8 Å². The van der Waals surface area contributed by atoms with E-state index < -0.39 is 0 Å². The van der Waals surface area contributed by atoms with Gasteiger partial charge in [0.1, 0.15) is 5.69 Å². The number of rotatable bonds is 3. The SMILES string of the molecule is CNc1cc(C(=O)NC2(C)CCCC2)nc2ccccc12. The van der Waals surface area contributed by atoms with Gasteiger partial charge in [-0.1, -0.05) is 31.0 Å². The van der Waals surface area contributed by atoms with Crippen LogP contribution in [0, 0.1) is 0 Å². The summed E-state index contributed by atoms with van der Waals surface area (Å²) in [4.78, 5) is 17.0. The number of nitrogens with one attached hydrogen (secondary N) is 2. The van der Waals surface area contributed by atoms with Crippen LogP contribution >= 0.6 is 0 Å². The fourth-order valence-corrected chi connectivity index (χ4v) is 3.12. The number of fused-ring (bicyclic) bond motifs is 1. The number of amides is 1. The maximum atomic E-state index is 12.5. The summed E-state index contributed by atoms with van der Waals surface area (Å²) in [5.41, 5.74) is 2.17. The van der Waals surface area contributed by atoms with Crippen molar-refractivity contribution >= 4 is 22.5 Å². The number of hydrogen-bond donors (Lipinski definition) is 2. The van der Waals surface area contributed by atoms with E-state index in [0.717, 1.165) is 29.4 Å². The molecule has 3 rings (SSSR count). The molecule has 0 unspecified atom stereocenters. The number of benzene rings is 1. The van der Waals surface area contributed by atoms with Crippen LogP contribution in [0.3, 0.4) is 0 Å². The highest BCUT2D eigenvalue weighted by Crippen LogP contribution is 2.29. The highest BCUT2D eigenvalue weighted by molar-refractivity contribution is 6.00. The largest absolute Gasteiger partial charge is 0.388 e. The van der Waals surface area contributed by atoms with Crippen LogP contribution in [0.25, 0.3) is 10.9 Å². The first kappa shape index (κ1) is 13.9. The Bertz CT molecular complexity index is 675. The molecule has 1 amide bonds. The van der Waals surface area contributed by atoms with Crippen LogP contribution < -0.4 is 10.6 Å². The van der Waals surface area contributed by atoms with Gasteiger partial charge in [0, 0.05) is 23.7 Å². The first-order valence-corrected chi connectivity index (χ1v) is 7.51. The lowest BCUT2D eigenvalue weighted by atomic mass is 10.0. The Hall–Kier alpha value is -2.10. The van der Waals surface area contributed by atoms with Crippen LogP contribution in [0.1, 0.15) is 43.1 Å². The van der Waals surface area contributed by atoms with Crippen molar-refractivity contribution in [2.45, 2.75) is 38.1 Å². The first-order chi connectivity index (χ1) is 10.1. The van der Waals surface area contributed by atoms with E-state index >= 15 is 0 Å². The fraction of sp³-hybridized carbons (Fsp3) is 0.412. The molecule has 0 spiro atoms. The summed E-state index contributed by atoms with van der Waals surface area (Å²) < 4.78 is 0. The van der Waals surface area contributed by atoms with Gasteiger partial charge in [-0.05, 0) is 31.9 Å². The second kappa shape index (κ2) is 5.35. The van der Waals surface area contributed by atoms with Crippen LogP contribution in [0.4, 0.5) is 5.69 Å². The number of carbonyl (C=O) groups is 1. The Morgan fingerprint density at radius 2 is 1.95 bits per heavy atom. The molecule has 0 saturated heterocycles. The van der Waals surface area contributed by atoms with Crippen molar-refractivity contribution in [2.24, 2.45) is 0 Å². The summed E-state index contributed by atoms with van der Waals surface area (Å²) in [7, 11) is 1.86. The average molecular weight is 283 g/mol. The van der Waals surface area contributed by atoms with Gasteiger partial charge in [-0.25, -0.2) is 4.98 Å². The zero-order chi connectivity index (χ0) is 14.9. The van der Waals surface area contributed by atoms with Gasteiger partial charge in [0.05, 0.1) is 5.52 Å². The van der Waals surface area contributed by atoms with Crippen LogP contribution in [-0.4, -0.2) is 23.5 Å². The summed E-state index contributed by atoms with van der Waals surface area (Å²) >= 11 is 0. The number of carbonyl (C=O) groups excluding carboxylic acids is 1. The monoisotopic (exact) mass is 283 g/mol. The van der Waals surface area contributed by atoms with Crippen molar-refractivity contribution < 1.29 is 4.79 Å². The van der Waals surface area contributed by atoms with E-state index in [2.05, 4.69) is 22.5 Å². The van der Waals surface area contributed by atoms with Gasteiger partial charge in [-0.2, -0.15) is 0 Å². The van der Waals surface area contributed by atoms with Crippen molar-refractivity contribution in [2.75, 3.05) is 12.4 Å². The zero-order valence-corrected chi connectivity index (χ0v) is 12.6. The lowest BCUT2D eigenvalue weighted by molar-refractivity contribution is 0.0903. The molecule has 0 radical (unpaired) electrons. The number of pyridine rings is 1. The molecule has 1 heterocycles. The summed E-state index contributed by atoms with van der Waals surface area (Å²) in [6.45, 7) is 2.12. The van der Waals surface area contributed by atoms with Crippen LogP contribution in [0.2, 0.25) is 0 Å².